The molecule has 1 amide bonds. The first-order valence-corrected chi connectivity index (χ1v) is 26.1. The van der Waals surface area contributed by atoms with Gasteiger partial charge in [0.25, 0.3) is 17.2 Å². The van der Waals surface area contributed by atoms with Crippen molar-refractivity contribution in [3.8, 4) is 0 Å². The number of halogens is 1. The van der Waals surface area contributed by atoms with Gasteiger partial charge < -0.3 is 48.9 Å². The summed E-state index contributed by atoms with van der Waals surface area (Å²) in [7, 11) is 4.52. The molecule has 18 nitrogen and oxygen atoms in total. The number of ketones is 3. The van der Waals surface area contributed by atoms with Crippen LogP contribution in [0.5, 0.6) is 0 Å². The van der Waals surface area contributed by atoms with Gasteiger partial charge in [0, 0.05) is 64.7 Å². The fourth-order valence-corrected chi connectivity index (χ4v) is 10.5. The molecule has 1 aliphatic carbocycles. The Morgan fingerprint density at radius 2 is 1.58 bits per heavy atom. The van der Waals surface area contributed by atoms with Gasteiger partial charge in [0.1, 0.15) is 30.1 Å². The molecule has 4 aliphatic rings. The maximum absolute atomic E-state index is 14.4. The van der Waals surface area contributed by atoms with E-state index in [1.54, 1.807) is 46.1 Å². The Morgan fingerprint density at radius 1 is 0.865 bits per heavy atom. The van der Waals surface area contributed by atoms with E-state index in [0.717, 1.165) is 12.0 Å². The predicted octanol–water partition coefficient (Wildman–Crippen LogP) is 5.38. The maximum atomic E-state index is 14.4. The molecule has 15 atom stereocenters. The summed E-state index contributed by atoms with van der Waals surface area (Å²) < 4.78 is 41.3. The number of fused-ring (bicyclic) bond motifs is 3. The minimum Gasteiger partial charge on any atom is -0.460 e. The molecule has 19 heteroatoms. The van der Waals surface area contributed by atoms with Gasteiger partial charge in [-0.3, -0.25) is 29.0 Å². The van der Waals surface area contributed by atoms with Crippen LogP contribution in [0.3, 0.4) is 0 Å². The third-order valence-corrected chi connectivity index (χ3v) is 15.3. The summed E-state index contributed by atoms with van der Waals surface area (Å²) in [6.07, 6.45) is 11.9. The highest BCUT2D eigenvalue weighted by atomic mass is 19.1. The highest BCUT2D eigenvalue weighted by Gasteiger charge is 2.53. The number of aromatic nitrogens is 2. The molecule has 4 heterocycles. The molecule has 3 aliphatic heterocycles. The van der Waals surface area contributed by atoms with Crippen molar-refractivity contribution in [3.63, 3.8) is 0 Å². The van der Waals surface area contributed by atoms with E-state index in [9.17, 15) is 53.3 Å². The second kappa shape index (κ2) is 28.9. The molecular weight excluding hydrogens is 962 g/mol. The number of rotatable bonds is 6. The highest BCUT2D eigenvalue weighted by molar-refractivity contribution is 6.39. The average molecular weight is 1040 g/mol. The van der Waals surface area contributed by atoms with Gasteiger partial charge in [-0.15, -0.1) is 0 Å². The number of esters is 1. The smallest absolute Gasteiger partial charge is 0.329 e. The van der Waals surface area contributed by atoms with Crippen LogP contribution in [-0.4, -0.2) is 142 Å². The van der Waals surface area contributed by atoms with E-state index in [4.69, 9.17) is 23.7 Å². The number of nitrogens with zero attached hydrogens (tertiary/aromatic N) is 1. The van der Waals surface area contributed by atoms with E-state index in [1.165, 1.54) is 12.0 Å². The van der Waals surface area contributed by atoms with Crippen LogP contribution in [-0.2, 0) is 47.7 Å². The minimum atomic E-state index is -2.43. The number of H-pyrrole nitrogens is 2. The number of hydrogen-bond donors (Lipinski definition) is 5. The predicted molar refractivity (Wildman–Crippen MR) is 273 cm³/mol. The van der Waals surface area contributed by atoms with Crippen LogP contribution in [0.2, 0.25) is 0 Å². The fraction of sp³-hybridized carbons (Fsp3) is 0.691. The van der Waals surface area contributed by atoms with Crippen molar-refractivity contribution < 1.29 is 67.4 Å². The Labute approximate surface area is 434 Å². The molecule has 0 aromatic carbocycles. The summed E-state index contributed by atoms with van der Waals surface area (Å²) in [5.74, 6) is -8.95. The molecule has 3 fully saturated rings. The summed E-state index contributed by atoms with van der Waals surface area (Å²) in [5.41, 5.74) is -0.442. The number of Topliss-reactive ketones (excluding diaryl/α,β-unsaturated/α-hetero) is 3. The molecule has 1 saturated carbocycles. The van der Waals surface area contributed by atoms with Crippen molar-refractivity contribution in [2.24, 2.45) is 35.5 Å². The molecule has 1 aromatic rings. The van der Waals surface area contributed by atoms with Gasteiger partial charge >= 0.3 is 11.7 Å². The molecule has 0 radical (unpaired) electrons. The van der Waals surface area contributed by atoms with E-state index in [2.05, 4.69) is 0 Å². The largest absolute Gasteiger partial charge is 0.460 e. The standard InChI is InChI=1S/C51H79NO13.C4H3FN2O2/c1-30-16-12-11-13-17-31(2)42(61-8)28-38-21-19-36(7)51(60,65-38)48(57)49(58)52-23-15-14-18-39(52)50(59)64-43(33(4)26-37-20-22-40(53)44(27-37)62-9)29-41(54)32(3)25-35(6)46(56)47(63-10)45(55)34(5)24-30;5-2-1-6-4(9)7-3(2)8/h11-13,16-17,25,30,32-34,36-40,42-44,46-47,53,56,60H,14-15,18-24,26-29H2,1-10H3;1H,(H2,6,7,8,9)/b13-11?,16-12+,31-17?,35-25+;/t30-,32-,33-,34-,36-,37+,38+,39+,40-,42+,43+,44-,46-,47+,51-;/m1./s1. The quantitative estimate of drug-likeness (QED) is 0.136. The summed E-state index contributed by atoms with van der Waals surface area (Å²) in [6, 6.07) is -1.14. The maximum Gasteiger partial charge on any atom is 0.329 e. The number of carbonyl (C=O) groups is 5. The SMILES string of the molecule is CO[C@H]1C[C@@H]2CC[C@@H](C)[C@@](O)(O2)C(=O)C(=O)N2CCCC[C@H]2C(=O)O[C@H]([C@H](C)C[C@@H]2CC[C@@H](O)[C@H](OC)C2)CC(=O)[C@H](C)/C=C(\C)[C@@H](O)[C@@H](OC)C(=O)[C@H](C)C[C@H](C)/C=C/C=CC=C1C.O=c1[nH]cc(F)c(=O)[nH]1. The zero-order valence-corrected chi connectivity index (χ0v) is 44.9. The molecule has 2 saturated heterocycles. The van der Waals surface area contributed by atoms with Gasteiger partial charge in [0.15, 0.2) is 5.78 Å². The lowest BCUT2D eigenvalue weighted by Crippen LogP contribution is -2.61. The van der Waals surface area contributed by atoms with Crippen molar-refractivity contribution in [1.82, 2.24) is 14.9 Å². The van der Waals surface area contributed by atoms with E-state index in [0.29, 0.717) is 69.6 Å². The number of aromatic amines is 2. The zero-order valence-electron chi connectivity index (χ0n) is 44.9. The molecule has 1 aromatic heterocycles. The topological polar surface area (TPSA) is 261 Å². The molecular formula is C55H82FN3O15. The minimum absolute atomic E-state index is 0.0193. The van der Waals surface area contributed by atoms with Crippen molar-refractivity contribution >= 4 is 29.2 Å². The number of methoxy groups -OCH3 is 3. The van der Waals surface area contributed by atoms with Gasteiger partial charge in [0.05, 0.1) is 24.4 Å². The average Bonchev–Trinajstić information content (AvgIpc) is 3.37. The third-order valence-electron chi connectivity index (χ3n) is 15.3. The fourth-order valence-electron chi connectivity index (χ4n) is 10.5. The van der Waals surface area contributed by atoms with E-state index >= 15 is 0 Å². The molecule has 5 rings (SSSR count). The van der Waals surface area contributed by atoms with E-state index in [1.807, 2.05) is 63.1 Å². The van der Waals surface area contributed by atoms with Gasteiger partial charge in [-0.2, -0.15) is 4.39 Å². The number of carbonyl (C=O) groups excluding carboxylic acids is 5. The molecule has 74 heavy (non-hydrogen) atoms. The summed E-state index contributed by atoms with van der Waals surface area (Å²) in [6.45, 7) is 12.7. The Kier molecular flexibility index (Phi) is 24.2. The van der Waals surface area contributed by atoms with Crippen LogP contribution in [0.1, 0.15) is 126 Å². The van der Waals surface area contributed by atoms with Crippen molar-refractivity contribution in [3.05, 3.63) is 80.5 Å². The van der Waals surface area contributed by atoms with E-state index in [-0.39, 0.29) is 54.8 Å². The first kappa shape index (κ1) is 61.8. The second-order valence-electron chi connectivity index (χ2n) is 21.0. The van der Waals surface area contributed by atoms with Crippen LogP contribution in [0, 0.1) is 41.3 Å². The number of piperidine rings is 1. The normalized spacial score (nSPS) is 35.5. The number of amides is 1. The number of aliphatic hydroxyl groups excluding tert-OH is 2. The van der Waals surface area contributed by atoms with Crippen LogP contribution in [0.15, 0.2) is 63.4 Å². The van der Waals surface area contributed by atoms with E-state index < -0.39 is 101 Å². The summed E-state index contributed by atoms with van der Waals surface area (Å²) >= 11 is 0. The monoisotopic (exact) mass is 1040 g/mol. The number of allylic oxidation sites excluding steroid dienone is 6. The van der Waals surface area contributed by atoms with Crippen molar-refractivity contribution in [2.75, 3.05) is 27.9 Å². The van der Waals surface area contributed by atoms with Crippen molar-refractivity contribution in [2.45, 2.75) is 180 Å². The third kappa shape index (κ3) is 16.9. The van der Waals surface area contributed by atoms with Crippen molar-refractivity contribution in [1.29, 1.82) is 0 Å². The lowest BCUT2D eigenvalue weighted by Gasteiger charge is -2.42. The lowest BCUT2D eigenvalue weighted by molar-refractivity contribution is -0.265. The van der Waals surface area contributed by atoms with Crippen LogP contribution in [0.25, 0.3) is 0 Å². The first-order chi connectivity index (χ1) is 34.9. The molecule has 0 spiro atoms. The van der Waals surface area contributed by atoms with Crippen LogP contribution < -0.4 is 11.2 Å². The number of aliphatic hydroxyl groups is 3. The first-order valence-electron chi connectivity index (χ1n) is 26.1. The molecule has 414 valence electrons. The highest BCUT2D eigenvalue weighted by Crippen LogP contribution is 2.38. The van der Waals surface area contributed by atoms with Crippen LogP contribution >= 0.6 is 0 Å². The zero-order chi connectivity index (χ0) is 55.0. The Morgan fingerprint density at radius 3 is 2.23 bits per heavy atom. The Bertz CT molecular complexity index is 2310. The summed E-state index contributed by atoms with van der Waals surface area (Å²) in [5, 5.41) is 33.8. The molecule has 0 unspecified atom stereocenters. The van der Waals surface area contributed by atoms with Gasteiger partial charge in [-0.25, -0.2) is 9.59 Å². The Hall–Kier alpha value is -4.76. The number of hydrogen-bond acceptors (Lipinski definition) is 15. The van der Waals surface area contributed by atoms with Gasteiger partial charge in [-0.1, -0.05) is 71.1 Å². The number of nitrogens with one attached hydrogen (secondary N) is 2. The lowest BCUT2D eigenvalue weighted by atomic mass is 9.78. The Balaban J connectivity index is 0.00000118. The van der Waals surface area contributed by atoms with Crippen LogP contribution in [0.4, 0.5) is 4.39 Å². The van der Waals surface area contributed by atoms with Gasteiger partial charge in [-0.05, 0) is 107 Å². The molecule has 5 N–H and O–H groups in total. The number of cyclic esters (lactones) is 1. The number of ether oxygens (including phenoxy) is 5. The van der Waals surface area contributed by atoms with Gasteiger partial charge in [0.2, 0.25) is 11.6 Å². The molecule has 2 bridgehead atoms. The summed E-state index contributed by atoms with van der Waals surface area (Å²) in [4.78, 5) is 95.8. The second-order valence-corrected chi connectivity index (χ2v) is 21.0.